The highest BCUT2D eigenvalue weighted by Gasteiger charge is 2.16. The molecule has 94 valence electrons. The van der Waals surface area contributed by atoms with Crippen LogP contribution in [-0.4, -0.2) is 35.8 Å². The Morgan fingerprint density at radius 1 is 1.71 bits per heavy atom. The van der Waals surface area contributed by atoms with Gasteiger partial charge in [0.15, 0.2) is 0 Å². The van der Waals surface area contributed by atoms with Gasteiger partial charge in [0, 0.05) is 12.3 Å². The van der Waals surface area contributed by atoms with Gasteiger partial charge in [-0.3, -0.25) is 4.79 Å². The van der Waals surface area contributed by atoms with Gasteiger partial charge in [0.05, 0.1) is 25.8 Å². The first kappa shape index (κ1) is 13.4. The normalized spacial score (nSPS) is 13.9. The number of hydrogen-bond donors (Lipinski definition) is 3. The molecule has 0 spiro atoms. The monoisotopic (exact) mass is 239 g/mol. The Balaban J connectivity index is 2.82. The van der Waals surface area contributed by atoms with E-state index in [1.807, 2.05) is 0 Å². The van der Waals surface area contributed by atoms with Crippen LogP contribution in [0, 0.1) is 0 Å². The molecule has 0 aliphatic heterocycles. The molecule has 0 unspecified atom stereocenters. The first-order valence-electron chi connectivity index (χ1n) is 5.25. The summed E-state index contributed by atoms with van der Waals surface area (Å²) in [5.74, 6) is 0.107. The molecular weight excluding hydrogens is 222 g/mol. The lowest BCUT2D eigenvalue weighted by Crippen LogP contribution is -2.41. The van der Waals surface area contributed by atoms with Gasteiger partial charge in [0.2, 0.25) is 11.8 Å². The van der Waals surface area contributed by atoms with E-state index in [9.17, 15) is 9.90 Å². The quantitative estimate of drug-likeness (QED) is 0.648. The van der Waals surface area contributed by atoms with Crippen molar-refractivity contribution in [2.24, 2.45) is 5.73 Å². The van der Waals surface area contributed by atoms with Gasteiger partial charge in [-0.15, -0.1) is 0 Å². The molecule has 0 aliphatic rings. The lowest BCUT2D eigenvalue weighted by molar-refractivity contribution is -0.123. The molecule has 0 aliphatic carbocycles. The number of aliphatic hydroxyl groups excluding tert-OH is 1. The highest BCUT2D eigenvalue weighted by atomic mass is 16.5. The summed E-state index contributed by atoms with van der Waals surface area (Å²) in [5.41, 5.74) is 6.16. The molecule has 6 nitrogen and oxygen atoms in total. The molecule has 0 fully saturated rings. The smallest absolute Gasteiger partial charge is 0.237 e. The number of amides is 1. The number of aromatic nitrogens is 1. The maximum atomic E-state index is 11.4. The third-order valence-corrected chi connectivity index (χ3v) is 2.28. The van der Waals surface area contributed by atoms with E-state index >= 15 is 0 Å². The maximum Gasteiger partial charge on any atom is 0.237 e. The second-order valence-corrected chi connectivity index (χ2v) is 3.66. The fraction of sp³-hybridized carbons (Fsp3) is 0.455. The number of carbonyl (C=O) groups excluding carboxylic acids is 1. The standard InChI is InChI=1S/C11H17N3O3/c1-7(12)11(16)14-9(6-15)8-3-4-13-10(5-8)17-2/h3-5,7,9,15H,6,12H2,1-2H3,(H,14,16)/t7-,9-/m1/s1. The summed E-state index contributed by atoms with van der Waals surface area (Å²) in [6, 6.07) is 2.23. The molecule has 1 aromatic rings. The first-order valence-corrected chi connectivity index (χ1v) is 5.25. The molecule has 1 amide bonds. The number of nitrogens with two attached hydrogens (primary N) is 1. The van der Waals surface area contributed by atoms with Crippen LogP contribution in [0.2, 0.25) is 0 Å². The van der Waals surface area contributed by atoms with E-state index in [-0.39, 0.29) is 12.5 Å². The van der Waals surface area contributed by atoms with Crippen LogP contribution in [0.1, 0.15) is 18.5 Å². The Morgan fingerprint density at radius 3 is 2.94 bits per heavy atom. The van der Waals surface area contributed by atoms with Crippen LogP contribution >= 0.6 is 0 Å². The van der Waals surface area contributed by atoms with E-state index in [1.54, 1.807) is 25.3 Å². The highest BCUT2D eigenvalue weighted by Crippen LogP contribution is 2.16. The average molecular weight is 239 g/mol. The first-order chi connectivity index (χ1) is 8.08. The molecule has 1 rings (SSSR count). The molecule has 0 saturated carbocycles. The van der Waals surface area contributed by atoms with Crippen molar-refractivity contribution in [1.29, 1.82) is 0 Å². The van der Waals surface area contributed by atoms with Crippen LogP contribution in [0.4, 0.5) is 0 Å². The van der Waals surface area contributed by atoms with Crippen molar-refractivity contribution in [2.45, 2.75) is 19.0 Å². The topological polar surface area (TPSA) is 97.5 Å². The summed E-state index contributed by atoms with van der Waals surface area (Å²) >= 11 is 0. The van der Waals surface area contributed by atoms with E-state index in [1.165, 1.54) is 7.11 Å². The van der Waals surface area contributed by atoms with E-state index < -0.39 is 12.1 Å². The van der Waals surface area contributed by atoms with E-state index in [0.717, 1.165) is 0 Å². The van der Waals surface area contributed by atoms with Gasteiger partial charge < -0.3 is 20.9 Å². The van der Waals surface area contributed by atoms with Crippen molar-refractivity contribution in [3.63, 3.8) is 0 Å². The number of nitrogens with one attached hydrogen (secondary N) is 1. The van der Waals surface area contributed by atoms with Gasteiger partial charge in [0.1, 0.15) is 0 Å². The average Bonchev–Trinajstić information content (AvgIpc) is 2.35. The fourth-order valence-electron chi connectivity index (χ4n) is 1.29. The highest BCUT2D eigenvalue weighted by molar-refractivity contribution is 5.81. The number of carbonyl (C=O) groups is 1. The number of nitrogens with zero attached hydrogens (tertiary/aromatic N) is 1. The van der Waals surface area contributed by atoms with Crippen LogP contribution in [0.25, 0.3) is 0 Å². The van der Waals surface area contributed by atoms with Gasteiger partial charge in [-0.05, 0) is 18.6 Å². The second-order valence-electron chi connectivity index (χ2n) is 3.66. The Labute approximate surface area is 99.8 Å². The molecule has 0 aromatic carbocycles. The van der Waals surface area contributed by atoms with Gasteiger partial charge >= 0.3 is 0 Å². The summed E-state index contributed by atoms with van der Waals surface area (Å²) in [6.07, 6.45) is 1.55. The lowest BCUT2D eigenvalue weighted by Gasteiger charge is -2.18. The Hall–Kier alpha value is -1.66. The third-order valence-electron chi connectivity index (χ3n) is 2.28. The fourth-order valence-corrected chi connectivity index (χ4v) is 1.29. The van der Waals surface area contributed by atoms with Crippen molar-refractivity contribution < 1.29 is 14.6 Å². The predicted molar refractivity (Wildman–Crippen MR) is 62.4 cm³/mol. The predicted octanol–water partition coefficient (Wildman–Crippen LogP) is -0.413. The third kappa shape index (κ3) is 3.69. The molecule has 0 saturated heterocycles. The van der Waals surface area contributed by atoms with Crippen LogP contribution < -0.4 is 15.8 Å². The van der Waals surface area contributed by atoms with Gasteiger partial charge in [-0.2, -0.15) is 0 Å². The SMILES string of the molecule is COc1cc([C@@H](CO)NC(=O)[C@@H](C)N)ccn1. The Bertz CT molecular complexity index is 382. The lowest BCUT2D eigenvalue weighted by atomic mass is 10.1. The van der Waals surface area contributed by atoms with Crippen LogP contribution in [-0.2, 0) is 4.79 Å². The molecule has 4 N–H and O–H groups in total. The van der Waals surface area contributed by atoms with Gasteiger partial charge in [-0.25, -0.2) is 4.98 Å². The van der Waals surface area contributed by atoms with Crippen LogP contribution in [0.3, 0.4) is 0 Å². The van der Waals surface area contributed by atoms with Crippen molar-refractivity contribution in [3.05, 3.63) is 23.9 Å². The summed E-state index contributed by atoms with van der Waals surface area (Å²) in [4.78, 5) is 15.4. The minimum atomic E-state index is -0.618. The zero-order valence-electron chi connectivity index (χ0n) is 9.88. The zero-order chi connectivity index (χ0) is 12.8. The van der Waals surface area contributed by atoms with Gasteiger partial charge in [-0.1, -0.05) is 0 Å². The molecule has 6 heteroatoms. The molecule has 0 bridgehead atoms. The summed E-state index contributed by atoms with van der Waals surface area (Å²) in [7, 11) is 1.50. The minimum absolute atomic E-state index is 0.217. The van der Waals surface area contributed by atoms with Gasteiger partial charge in [0.25, 0.3) is 0 Å². The largest absolute Gasteiger partial charge is 0.481 e. The second kappa shape index (κ2) is 6.17. The van der Waals surface area contributed by atoms with Crippen molar-refractivity contribution in [3.8, 4) is 5.88 Å². The molecule has 17 heavy (non-hydrogen) atoms. The van der Waals surface area contributed by atoms with Crippen LogP contribution in [0.15, 0.2) is 18.3 Å². The number of rotatable bonds is 5. The summed E-state index contributed by atoms with van der Waals surface area (Å²) in [6.45, 7) is 1.36. The Morgan fingerprint density at radius 2 is 2.41 bits per heavy atom. The van der Waals surface area contributed by atoms with E-state index in [2.05, 4.69) is 10.3 Å². The van der Waals surface area contributed by atoms with E-state index in [4.69, 9.17) is 10.5 Å². The minimum Gasteiger partial charge on any atom is -0.481 e. The number of ether oxygens (including phenoxy) is 1. The molecular formula is C11H17N3O3. The number of hydrogen-bond acceptors (Lipinski definition) is 5. The van der Waals surface area contributed by atoms with E-state index in [0.29, 0.717) is 11.4 Å². The molecule has 0 radical (unpaired) electrons. The number of methoxy groups -OCH3 is 1. The Kier molecular flexibility index (Phi) is 4.86. The number of aliphatic hydroxyl groups is 1. The maximum absolute atomic E-state index is 11.4. The molecule has 2 atom stereocenters. The summed E-state index contributed by atoms with van der Waals surface area (Å²) in [5, 5.41) is 11.9. The van der Waals surface area contributed by atoms with Crippen molar-refractivity contribution in [1.82, 2.24) is 10.3 Å². The zero-order valence-corrected chi connectivity index (χ0v) is 9.88. The van der Waals surface area contributed by atoms with Crippen molar-refractivity contribution in [2.75, 3.05) is 13.7 Å². The number of pyridine rings is 1. The molecule has 1 aromatic heterocycles. The molecule has 1 heterocycles. The summed E-state index contributed by atoms with van der Waals surface area (Å²) < 4.78 is 4.97. The van der Waals surface area contributed by atoms with Crippen molar-refractivity contribution >= 4 is 5.91 Å². The van der Waals surface area contributed by atoms with Crippen LogP contribution in [0.5, 0.6) is 5.88 Å².